The van der Waals surface area contributed by atoms with Gasteiger partial charge in [0.15, 0.2) is 0 Å². The second-order valence-electron chi connectivity index (χ2n) is 4.18. The van der Waals surface area contributed by atoms with Crippen LogP contribution in [0.1, 0.15) is 0 Å². The van der Waals surface area contributed by atoms with Gasteiger partial charge in [0.2, 0.25) is 0 Å². The van der Waals surface area contributed by atoms with Gasteiger partial charge in [0.25, 0.3) is 0 Å². The summed E-state index contributed by atoms with van der Waals surface area (Å²) in [6.45, 7) is 0.633. The van der Waals surface area contributed by atoms with Crippen molar-refractivity contribution >= 4 is 11.4 Å². The molecule has 3 rings (SSSR count). The fourth-order valence-electron chi connectivity index (χ4n) is 1.98. The van der Waals surface area contributed by atoms with E-state index in [-0.39, 0.29) is 0 Å². The van der Waals surface area contributed by atoms with Gasteiger partial charge < -0.3 is 4.90 Å². The fourth-order valence-corrected chi connectivity index (χ4v) is 1.98. The Morgan fingerprint density at radius 3 is 1.89 bits per heavy atom. The summed E-state index contributed by atoms with van der Waals surface area (Å²) in [5.41, 5.74) is 2.26. The molecule has 0 amide bonds. The lowest BCUT2D eigenvalue weighted by Crippen LogP contribution is -2.21. The number of rotatable bonds is 4. The van der Waals surface area contributed by atoms with E-state index in [1.807, 2.05) is 42.6 Å². The summed E-state index contributed by atoms with van der Waals surface area (Å²) in [4.78, 5) is 2.19. The van der Waals surface area contributed by atoms with Crippen LogP contribution >= 0.6 is 0 Å². The third-order valence-electron chi connectivity index (χ3n) is 2.89. The maximum atomic E-state index is 4.03. The molecule has 94 valence electrons. The summed E-state index contributed by atoms with van der Waals surface area (Å²) in [6.07, 6.45) is 3.55. The summed E-state index contributed by atoms with van der Waals surface area (Å²) in [5, 5.41) is 7.88. The van der Waals surface area contributed by atoms with Crippen molar-refractivity contribution in [2.75, 3.05) is 4.90 Å². The van der Waals surface area contributed by atoms with E-state index in [1.54, 1.807) is 10.9 Å². The molecule has 0 aliphatic rings. The number of hydrogen-bond donors (Lipinski definition) is 0. The molecule has 0 saturated carbocycles. The standard InChI is InChI=1S/C15H14N4/c1-3-7-14(8-4-1)19(13-18-12-11-16-17-18)15-9-5-2-6-10-15/h1-12H,13H2. The highest BCUT2D eigenvalue weighted by molar-refractivity contribution is 5.62. The lowest BCUT2D eigenvalue weighted by Gasteiger charge is -2.24. The van der Waals surface area contributed by atoms with Gasteiger partial charge in [-0.25, -0.2) is 4.68 Å². The SMILES string of the molecule is c1ccc(N(Cn2ccnn2)c2ccccc2)cc1. The summed E-state index contributed by atoms with van der Waals surface area (Å²) in [7, 11) is 0. The Hall–Kier alpha value is -2.62. The van der Waals surface area contributed by atoms with E-state index in [0.717, 1.165) is 11.4 Å². The lowest BCUT2D eigenvalue weighted by atomic mass is 10.2. The lowest BCUT2D eigenvalue weighted by molar-refractivity contribution is 0.596. The van der Waals surface area contributed by atoms with E-state index in [0.29, 0.717) is 6.67 Å². The Labute approximate surface area is 111 Å². The highest BCUT2D eigenvalue weighted by Gasteiger charge is 2.09. The molecule has 0 radical (unpaired) electrons. The average molecular weight is 250 g/mol. The van der Waals surface area contributed by atoms with Crippen LogP contribution in [-0.4, -0.2) is 15.0 Å². The summed E-state index contributed by atoms with van der Waals surface area (Å²) < 4.78 is 1.81. The Balaban J connectivity index is 1.96. The molecule has 0 bridgehead atoms. The first-order chi connectivity index (χ1) is 9.43. The molecule has 4 nitrogen and oxygen atoms in total. The molecule has 0 spiro atoms. The zero-order chi connectivity index (χ0) is 12.9. The molecule has 0 N–H and O–H groups in total. The van der Waals surface area contributed by atoms with Crippen LogP contribution in [0.25, 0.3) is 0 Å². The molecule has 1 aromatic heterocycles. The molecule has 0 aliphatic heterocycles. The van der Waals surface area contributed by atoms with Crippen molar-refractivity contribution in [3.8, 4) is 0 Å². The Morgan fingerprint density at radius 2 is 1.42 bits per heavy atom. The van der Waals surface area contributed by atoms with E-state index in [9.17, 15) is 0 Å². The van der Waals surface area contributed by atoms with E-state index in [2.05, 4.69) is 39.5 Å². The minimum atomic E-state index is 0.633. The molecule has 0 saturated heterocycles. The van der Waals surface area contributed by atoms with Crippen LogP contribution in [0, 0.1) is 0 Å². The van der Waals surface area contributed by atoms with Gasteiger partial charge in [-0.15, -0.1) is 5.10 Å². The van der Waals surface area contributed by atoms with Crippen molar-refractivity contribution in [2.24, 2.45) is 0 Å². The van der Waals surface area contributed by atoms with Crippen LogP contribution in [0.15, 0.2) is 73.1 Å². The molecule has 0 atom stereocenters. The van der Waals surface area contributed by atoms with Gasteiger partial charge in [-0.05, 0) is 24.3 Å². The molecular formula is C15H14N4. The van der Waals surface area contributed by atoms with E-state index < -0.39 is 0 Å². The van der Waals surface area contributed by atoms with Crippen LogP contribution in [0.3, 0.4) is 0 Å². The van der Waals surface area contributed by atoms with E-state index in [1.165, 1.54) is 0 Å². The molecule has 19 heavy (non-hydrogen) atoms. The number of benzene rings is 2. The first-order valence-electron chi connectivity index (χ1n) is 6.15. The van der Waals surface area contributed by atoms with Crippen molar-refractivity contribution in [3.05, 3.63) is 73.1 Å². The Kier molecular flexibility index (Phi) is 3.23. The zero-order valence-corrected chi connectivity index (χ0v) is 10.4. The largest absolute Gasteiger partial charge is 0.321 e. The van der Waals surface area contributed by atoms with E-state index >= 15 is 0 Å². The summed E-state index contributed by atoms with van der Waals surface area (Å²) in [5.74, 6) is 0. The topological polar surface area (TPSA) is 34.0 Å². The van der Waals surface area contributed by atoms with Gasteiger partial charge >= 0.3 is 0 Å². The Morgan fingerprint density at radius 1 is 0.842 bits per heavy atom. The monoisotopic (exact) mass is 250 g/mol. The summed E-state index contributed by atoms with van der Waals surface area (Å²) in [6, 6.07) is 20.5. The van der Waals surface area contributed by atoms with Gasteiger partial charge in [0, 0.05) is 17.6 Å². The minimum Gasteiger partial charge on any atom is -0.321 e. The number of nitrogens with zero attached hydrogens (tertiary/aromatic N) is 4. The molecule has 3 aromatic rings. The van der Waals surface area contributed by atoms with E-state index in [4.69, 9.17) is 0 Å². The third kappa shape index (κ3) is 2.63. The average Bonchev–Trinajstić information content (AvgIpc) is 3.00. The predicted octanol–water partition coefficient (Wildman–Crippen LogP) is 3.07. The van der Waals surface area contributed by atoms with Crippen molar-refractivity contribution in [3.63, 3.8) is 0 Å². The van der Waals surface area contributed by atoms with Gasteiger partial charge in [-0.1, -0.05) is 41.6 Å². The second kappa shape index (κ2) is 5.35. The molecule has 0 aliphatic carbocycles. The first kappa shape index (κ1) is 11.5. The van der Waals surface area contributed by atoms with Gasteiger partial charge in [-0.3, -0.25) is 0 Å². The second-order valence-corrected chi connectivity index (χ2v) is 4.18. The third-order valence-corrected chi connectivity index (χ3v) is 2.89. The molecule has 4 heteroatoms. The predicted molar refractivity (Wildman–Crippen MR) is 75.0 cm³/mol. The van der Waals surface area contributed by atoms with Crippen LogP contribution in [0.2, 0.25) is 0 Å². The highest BCUT2D eigenvalue weighted by atomic mass is 15.5. The van der Waals surface area contributed by atoms with Crippen molar-refractivity contribution in [1.29, 1.82) is 0 Å². The molecule has 2 aromatic carbocycles. The summed E-state index contributed by atoms with van der Waals surface area (Å²) >= 11 is 0. The zero-order valence-electron chi connectivity index (χ0n) is 10.4. The van der Waals surface area contributed by atoms with Crippen LogP contribution < -0.4 is 4.90 Å². The normalized spacial score (nSPS) is 10.3. The van der Waals surface area contributed by atoms with Gasteiger partial charge in [0.05, 0.1) is 6.20 Å². The number of hydrogen-bond acceptors (Lipinski definition) is 3. The van der Waals surface area contributed by atoms with Gasteiger partial charge in [0.1, 0.15) is 6.67 Å². The highest BCUT2D eigenvalue weighted by Crippen LogP contribution is 2.25. The fraction of sp³-hybridized carbons (Fsp3) is 0.0667. The molecule has 1 heterocycles. The van der Waals surface area contributed by atoms with Gasteiger partial charge in [-0.2, -0.15) is 0 Å². The smallest absolute Gasteiger partial charge is 0.118 e. The van der Waals surface area contributed by atoms with Crippen molar-refractivity contribution in [1.82, 2.24) is 15.0 Å². The van der Waals surface area contributed by atoms with Crippen LogP contribution in [-0.2, 0) is 6.67 Å². The first-order valence-corrected chi connectivity index (χ1v) is 6.15. The van der Waals surface area contributed by atoms with Crippen molar-refractivity contribution in [2.45, 2.75) is 6.67 Å². The maximum absolute atomic E-state index is 4.03. The van der Waals surface area contributed by atoms with Crippen molar-refractivity contribution < 1.29 is 0 Å². The number of anilines is 2. The molecule has 0 unspecified atom stereocenters. The number of aromatic nitrogens is 3. The molecular weight excluding hydrogens is 236 g/mol. The molecule has 0 fully saturated rings. The Bertz CT molecular complexity index is 566. The van der Waals surface area contributed by atoms with Crippen LogP contribution in [0.5, 0.6) is 0 Å². The minimum absolute atomic E-state index is 0.633. The maximum Gasteiger partial charge on any atom is 0.118 e. The quantitative estimate of drug-likeness (QED) is 0.713. The van der Waals surface area contributed by atoms with Crippen LogP contribution in [0.4, 0.5) is 11.4 Å². The number of para-hydroxylation sites is 2.